The summed E-state index contributed by atoms with van der Waals surface area (Å²) in [6.45, 7) is 5.78. The lowest BCUT2D eigenvalue weighted by Gasteiger charge is -2.17. The molecule has 2 nitrogen and oxygen atoms in total. The second-order valence-corrected chi connectivity index (χ2v) is 4.34. The average Bonchev–Trinajstić information content (AvgIpc) is 2.18. The van der Waals surface area contributed by atoms with E-state index < -0.39 is 5.60 Å². The minimum absolute atomic E-state index is 0. The second-order valence-electron chi connectivity index (χ2n) is 3.58. The molecule has 0 aromatic heterocycles. The molecule has 0 aromatic carbocycles. The molecule has 0 heterocycles. The van der Waals surface area contributed by atoms with Gasteiger partial charge in [0.15, 0.2) is 0 Å². The maximum absolute atomic E-state index is 9.65. The number of hydrogen-bond donors (Lipinski definition) is 1. The number of nitrogens with zero attached hydrogens (tertiary/aromatic N) is 1. The highest BCUT2D eigenvalue weighted by Crippen LogP contribution is 2.05. The standard InChI is InChI=1S/C11H19Cl2NO.ClH/c1-3-11(2,15)5-4-8-14(9-6-12)10-7-13;/h15H,3,6-10H2,1-2H3;1H. The van der Waals surface area contributed by atoms with Gasteiger partial charge in [-0.05, 0) is 13.3 Å². The Hall–Kier alpha value is 0.350. The van der Waals surface area contributed by atoms with E-state index in [1.807, 2.05) is 6.92 Å². The molecule has 0 saturated heterocycles. The van der Waals surface area contributed by atoms with Crippen LogP contribution in [0.2, 0.25) is 0 Å². The van der Waals surface area contributed by atoms with Crippen LogP contribution in [-0.2, 0) is 0 Å². The number of hydrogen-bond acceptors (Lipinski definition) is 2. The smallest absolute Gasteiger partial charge is 0.122 e. The van der Waals surface area contributed by atoms with E-state index in [0.717, 1.165) is 13.1 Å². The summed E-state index contributed by atoms with van der Waals surface area (Å²) in [4.78, 5) is 2.07. The highest BCUT2D eigenvalue weighted by molar-refractivity contribution is 6.18. The summed E-state index contributed by atoms with van der Waals surface area (Å²) in [5.41, 5.74) is -0.881. The Labute approximate surface area is 115 Å². The summed E-state index contributed by atoms with van der Waals surface area (Å²) in [5, 5.41) is 9.65. The van der Waals surface area contributed by atoms with Crippen LogP contribution in [0.4, 0.5) is 0 Å². The summed E-state index contributed by atoms with van der Waals surface area (Å²) < 4.78 is 0. The van der Waals surface area contributed by atoms with Crippen LogP contribution < -0.4 is 0 Å². The highest BCUT2D eigenvalue weighted by atomic mass is 35.5. The molecule has 0 radical (unpaired) electrons. The van der Waals surface area contributed by atoms with E-state index in [9.17, 15) is 5.11 Å². The Morgan fingerprint density at radius 3 is 2.12 bits per heavy atom. The predicted molar refractivity (Wildman–Crippen MR) is 73.8 cm³/mol. The Balaban J connectivity index is 0. The Morgan fingerprint density at radius 1 is 1.25 bits per heavy atom. The first kappa shape index (κ1) is 18.7. The number of halogens is 3. The first-order valence-electron chi connectivity index (χ1n) is 5.12. The zero-order chi connectivity index (χ0) is 11.7. The van der Waals surface area contributed by atoms with Crippen molar-refractivity contribution in [3.05, 3.63) is 0 Å². The van der Waals surface area contributed by atoms with Crippen molar-refractivity contribution < 1.29 is 5.11 Å². The van der Waals surface area contributed by atoms with Gasteiger partial charge >= 0.3 is 0 Å². The Bertz CT molecular complexity index is 217. The van der Waals surface area contributed by atoms with E-state index in [4.69, 9.17) is 23.2 Å². The van der Waals surface area contributed by atoms with Gasteiger partial charge in [0.2, 0.25) is 0 Å². The lowest BCUT2D eigenvalue weighted by Crippen LogP contribution is -2.29. The molecule has 1 atom stereocenters. The van der Waals surface area contributed by atoms with Gasteiger partial charge < -0.3 is 5.11 Å². The summed E-state index contributed by atoms with van der Waals surface area (Å²) in [5.74, 6) is 6.93. The molecule has 0 aliphatic carbocycles. The lowest BCUT2D eigenvalue weighted by molar-refractivity contribution is 0.118. The summed E-state index contributed by atoms with van der Waals surface area (Å²) >= 11 is 11.3. The first-order chi connectivity index (χ1) is 7.05. The summed E-state index contributed by atoms with van der Waals surface area (Å²) in [6.07, 6.45) is 0.630. The molecule has 0 aliphatic heterocycles. The molecule has 0 amide bonds. The molecule has 5 heteroatoms. The van der Waals surface area contributed by atoms with Gasteiger partial charge in [0.05, 0.1) is 6.54 Å². The van der Waals surface area contributed by atoms with Crippen LogP contribution in [0.5, 0.6) is 0 Å². The molecule has 0 bridgehead atoms. The normalized spacial score (nSPS) is 13.6. The van der Waals surface area contributed by atoms with Gasteiger partial charge in [-0.15, -0.1) is 35.6 Å². The van der Waals surface area contributed by atoms with Gasteiger partial charge in [-0.2, -0.15) is 0 Å². The maximum Gasteiger partial charge on any atom is 0.122 e. The fraction of sp³-hybridized carbons (Fsp3) is 0.818. The van der Waals surface area contributed by atoms with Gasteiger partial charge in [0, 0.05) is 24.8 Å². The molecule has 1 N–H and O–H groups in total. The van der Waals surface area contributed by atoms with Gasteiger partial charge in [-0.3, -0.25) is 4.90 Å². The second kappa shape index (κ2) is 10.5. The zero-order valence-electron chi connectivity index (χ0n) is 9.80. The minimum Gasteiger partial charge on any atom is -0.378 e. The Kier molecular flexibility index (Phi) is 12.3. The third kappa shape index (κ3) is 9.57. The van der Waals surface area contributed by atoms with Crippen LogP contribution in [0.25, 0.3) is 0 Å². The van der Waals surface area contributed by atoms with Crippen LogP contribution in [-0.4, -0.2) is 47.0 Å². The number of rotatable bonds is 6. The topological polar surface area (TPSA) is 23.5 Å². The molecule has 1 unspecified atom stereocenters. The summed E-state index contributed by atoms with van der Waals surface area (Å²) in [7, 11) is 0. The van der Waals surface area contributed by atoms with E-state index in [1.165, 1.54) is 0 Å². The maximum atomic E-state index is 9.65. The van der Waals surface area contributed by atoms with E-state index in [-0.39, 0.29) is 12.4 Å². The third-order valence-electron chi connectivity index (χ3n) is 2.15. The zero-order valence-corrected chi connectivity index (χ0v) is 12.1. The van der Waals surface area contributed by atoms with E-state index in [0.29, 0.717) is 24.7 Å². The van der Waals surface area contributed by atoms with Crippen molar-refractivity contribution >= 4 is 35.6 Å². The fourth-order valence-electron chi connectivity index (χ4n) is 0.939. The van der Waals surface area contributed by atoms with Crippen molar-refractivity contribution in [1.29, 1.82) is 0 Å². The fourth-order valence-corrected chi connectivity index (χ4v) is 1.42. The van der Waals surface area contributed by atoms with Gasteiger partial charge in [-0.1, -0.05) is 18.8 Å². The van der Waals surface area contributed by atoms with Crippen molar-refractivity contribution in [1.82, 2.24) is 4.90 Å². The lowest BCUT2D eigenvalue weighted by atomic mass is 10.1. The van der Waals surface area contributed by atoms with Gasteiger partial charge in [0.25, 0.3) is 0 Å². The van der Waals surface area contributed by atoms with Crippen molar-refractivity contribution in [2.45, 2.75) is 25.9 Å². The van der Waals surface area contributed by atoms with Crippen LogP contribution in [0.15, 0.2) is 0 Å². The Morgan fingerprint density at radius 2 is 1.75 bits per heavy atom. The molecule has 96 valence electrons. The molecule has 0 fully saturated rings. The van der Waals surface area contributed by atoms with Gasteiger partial charge in [0.1, 0.15) is 5.60 Å². The molecular weight excluding hydrogens is 268 g/mol. The molecule has 0 spiro atoms. The quantitative estimate of drug-likeness (QED) is 0.599. The van der Waals surface area contributed by atoms with Crippen LogP contribution in [0.3, 0.4) is 0 Å². The van der Waals surface area contributed by atoms with E-state index >= 15 is 0 Å². The third-order valence-corrected chi connectivity index (χ3v) is 2.49. The average molecular weight is 289 g/mol. The number of alkyl halides is 2. The largest absolute Gasteiger partial charge is 0.378 e. The van der Waals surface area contributed by atoms with Crippen molar-refractivity contribution in [2.24, 2.45) is 0 Å². The molecular formula is C11H20Cl3NO. The summed E-state index contributed by atoms with van der Waals surface area (Å²) in [6, 6.07) is 0. The molecule has 0 saturated carbocycles. The molecule has 0 aromatic rings. The first-order valence-corrected chi connectivity index (χ1v) is 6.19. The van der Waals surface area contributed by atoms with E-state index in [1.54, 1.807) is 6.92 Å². The van der Waals surface area contributed by atoms with E-state index in [2.05, 4.69) is 16.7 Å². The minimum atomic E-state index is -0.881. The monoisotopic (exact) mass is 287 g/mol. The van der Waals surface area contributed by atoms with Crippen molar-refractivity contribution in [3.63, 3.8) is 0 Å². The van der Waals surface area contributed by atoms with Crippen molar-refractivity contribution in [2.75, 3.05) is 31.4 Å². The molecule has 16 heavy (non-hydrogen) atoms. The highest BCUT2D eigenvalue weighted by Gasteiger charge is 2.12. The van der Waals surface area contributed by atoms with Crippen LogP contribution in [0.1, 0.15) is 20.3 Å². The van der Waals surface area contributed by atoms with Crippen molar-refractivity contribution in [3.8, 4) is 11.8 Å². The predicted octanol–water partition coefficient (Wildman–Crippen LogP) is 2.35. The molecule has 0 rings (SSSR count). The molecule has 0 aliphatic rings. The van der Waals surface area contributed by atoms with Crippen LogP contribution in [0, 0.1) is 11.8 Å². The van der Waals surface area contributed by atoms with Crippen LogP contribution >= 0.6 is 35.6 Å². The number of aliphatic hydroxyl groups is 1. The van der Waals surface area contributed by atoms with Gasteiger partial charge in [-0.25, -0.2) is 0 Å². The SMILES string of the molecule is CCC(C)(O)C#CCN(CCCl)CCCl.Cl.